The summed E-state index contributed by atoms with van der Waals surface area (Å²) in [7, 11) is 0. The van der Waals surface area contributed by atoms with Crippen molar-refractivity contribution in [3.63, 3.8) is 0 Å². The van der Waals surface area contributed by atoms with Crippen molar-refractivity contribution >= 4 is 5.84 Å². The number of amidine groups is 1. The van der Waals surface area contributed by atoms with Crippen LogP contribution in [0.4, 0.5) is 0 Å². The van der Waals surface area contributed by atoms with Gasteiger partial charge in [0.15, 0.2) is 0 Å². The quantitative estimate of drug-likeness (QED) is 0.718. The molecule has 1 aliphatic heterocycles. The Morgan fingerprint density at radius 2 is 2.00 bits per heavy atom. The summed E-state index contributed by atoms with van der Waals surface area (Å²) in [6, 6.07) is 0.716. The minimum atomic E-state index is 0.716. The zero-order chi connectivity index (χ0) is 9.97. The van der Waals surface area contributed by atoms with Crippen molar-refractivity contribution in [2.24, 2.45) is 5.92 Å². The van der Waals surface area contributed by atoms with Crippen LogP contribution in [0.25, 0.3) is 0 Å². The summed E-state index contributed by atoms with van der Waals surface area (Å²) < 4.78 is 0. The van der Waals surface area contributed by atoms with E-state index in [1.54, 1.807) is 0 Å². The zero-order valence-corrected chi connectivity index (χ0v) is 9.26. The van der Waals surface area contributed by atoms with Gasteiger partial charge in [0, 0.05) is 19.0 Å². The molecule has 1 aliphatic carbocycles. The van der Waals surface area contributed by atoms with Gasteiger partial charge in [0.05, 0.1) is 5.84 Å². The summed E-state index contributed by atoms with van der Waals surface area (Å²) in [4.78, 5) is 2.37. The van der Waals surface area contributed by atoms with Gasteiger partial charge < -0.3 is 4.90 Å². The van der Waals surface area contributed by atoms with Gasteiger partial charge in [-0.3, -0.25) is 5.41 Å². The molecule has 0 radical (unpaired) electrons. The molecule has 0 atom stereocenters. The van der Waals surface area contributed by atoms with Crippen molar-refractivity contribution in [3.05, 3.63) is 0 Å². The van der Waals surface area contributed by atoms with E-state index in [9.17, 15) is 0 Å². The normalized spacial score (nSPS) is 33.8. The first-order valence-electron chi connectivity index (χ1n) is 6.15. The fraction of sp³-hybridized carbons (Fsp3) is 0.917. The second kappa shape index (κ2) is 4.33. The maximum absolute atomic E-state index is 7.86. The Labute approximate surface area is 87.2 Å². The lowest BCUT2D eigenvalue weighted by Gasteiger charge is -2.35. The molecule has 14 heavy (non-hydrogen) atoms. The molecular formula is C12H22N2. The van der Waals surface area contributed by atoms with Gasteiger partial charge in [0.1, 0.15) is 0 Å². The number of nitrogens with one attached hydrogen (secondary N) is 1. The molecule has 1 saturated carbocycles. The maximum Gasteiger partial charge on any atom is 0.0960 e. The highest BCUT2D eigenvalue weighted by Gasteiger charge is 2.28. The SMILES string of the molecule is CCC1CCC(N2CCCC2=N)CC1. The molecule has 1 saturated heterocycles. The summed E-state index contributed by atoms with van der Waals surface area (Å²) in [5.74, 6) is 1.88. The Hall–Kier alpha value is -0.530. The molecule has 0 amide bonds. The van der Waals surface area contributed by atoms with Gasteiger partial charge in [0.25, 0.3) is 0 Å². The Morgan fingerprint density at radius 3 is 2.50 bits per heavy atom. The average Bonchev–Trinajstić information content (AvgIpc) is 2.65. The highest BCUT2D eigenvalue weighted by molar-refractivity contribution is 5.81. The van der Waals surface area contributed by atoms with Gasteiger partial charge in [0.2, 0.25) is 0 Å². The first-order chi connectivity index (χ1) is 6.81. The van der Waals surface area contributed by atoms with E-state index in [2.05, 4.69) is 11.8 Å². The van der Waals surface area contributed by atoms with Crippen LogP contribution in [0.3, 0.4) is 0 Å². The first kappa shape index (κ1) is 10.0. The zero-order valence-electron chi connectivity index (χ0n) is 9.26. The third kappa shape index (κ3) is 1.94. The van der Waals surface area contributed by atoms with Crippen LogP contribution >= 0.6 is 0 Å². The molecule has 0 aromatic rings. The molecule has 0 spiro atoms. The molecule has 2 nitrogen and oxygen atoms in total. The van der Waals surface area contributed by atoms with Crippen LogP contribution in [-0.4, -0.2) is 23.3 Å². The summed E-state index contributed by atoms with van der Waals surface area (Å²) in [6.45, 7) is 3.46. The molecule has 2 aliphatic rings. The third-order valence-electron chi connectivity index (χ3n) is 3.99. The van der Waals surface area contributed by atoms with Gasteiger partial charge in [-0.2, -0.15) is 0 Å². The minimum absolute atomic E-state index is 0.716. The molecule has 80 valence electrons. The minimum Gasteiger partial charge on any atom is -0.358 e. The van der Waals surface area contributed by atoms with E-state index in [4.69, 9.17) is 5.41 Å². The highest BCUT2D eigenvalue weighted by atomic mass is 15.2. The van der Waals surface area contributed by atoms with Crippen molar-refractivity contribution < 1.29 is 0 Å². The number of rotatable bonds is 2. The van der Waals surface area contributed by atoms with E-state index in [0.717, 1.165) is 24.7 Å². The molecule has 0 bridgehead atoms. The van der Waals surface area contributed by atoms with Crippen molar-refractivity contribution in [2.45, 2.75) is 57.9 Å². The van der Waals surface area contributed by atoms with Gasteiger partial charge in [-0.05, 0) is 38.0 Å². The van der Waals surface area contributed by atoms with E-state index >= 15 is 0 Å². The van der Waals surface area contributed by atoms with E-state index in [-0.39, 0.29) is 0 Å². The molecular weight excluding hydrogens is 172 g/mol. The Morgan fingerprint density at radius 1 is 1.29 bits per heavy atom. The van der Waals surface area contributed by atoms with E-state index < -0.39 is 0 Å². The van der Waals surface area contributed by atoms with Gasteiger partial charge in [-0.1, -0.05) is 13.3 Å². The lowest BCUT2D eigenvalue weighted by molar-refractivity contribution is 0.212. The lowest BCUT2D eigenvalue weighted by atomic mass is 9.84. The average molecular weight is 194 g/mol. The van der Waals surface area contributed by atoms with Gasteiger partial charge in [-0.25, -0.2) is 0 Å². The maximum atomic E-state index is 7.86. The van der Waals surface area contributed by atoms with Crippen LogP contribution < -0.4 is 0 Å². The number of nitrogens with zero attached hydrogens (tertiary/aromatic N) is 1. The molecule has 0 aromatic carbocycles. The highest BCUT2D eigenvalue weighted by Crippen LogP contribution is 2.31. The lowest BCUT2D eigenvalue weighted by Crippen LogP contribution is -2.38. The Kier molecular flexibility index (Phi) is 3.09. The topological polar surface area (TPSA) is 27.1 Å². The molecule has 1 heterocycles. The van der Waals surface area contributed by atoms with Crippen LogP contribution in [0.15, 0.2) is 0 Å². The summed E-state index contributed by atoms with van der Waals surface area (Å²) >= 11 is 0. The molecule has 2 heteroatoms. The summed E-state index contributed by atoms with van der Waals surface area (Å²) in [5.41, 5.74) is 0. The molecule has 2 fully saturated rings. The van der Waals surface area contributed by atoms with Crippen molar-refractivity contribution in [3.8, 4) is 0 Å². The van der Waals surface area contributed by atoms with E-state index in [1.807, 2.05) is 0 Å². The third-order valence-corrected chi connectivity index (χ3v) is 3.99. The molecule has 1 N–H and O–H groups in total. The van der Waals surface area contributed by atoms with Crippen LogP contribution in [0, 0.1) is 11.3 Å². The predicted molar refractivity (Wildman–Crippen MR) is 59.7 cm³/mol. The second-order valence-corrected chi connectivity index (χ2v) is 4.83. The van der Waals surface area contributed by atoms with Crippen molar-refractivity contribution in [1.82, 2.24) is 4.90 Å². The molecule has 2 rings (SSSR count). The standard InChI is InChI=1S/C12H22N2/c1-2-10-5-7-11(8-6-10)14-9-3-4-12(14)13/h10-11,13H,2-9H2,1H3. The van der Waals surface area contributed by atoms with Gasteiger partial charge >= 0.3 is 0 Å². The van der Waals surface area contributed by atoms with Crippen LogP contribution in [0.2, 0.25) is 0 Å². The molecule has 0 unspecified atom stereocenters. The van der Waals surface area contributed by atoms with Crippen LogP contribution in [-0.2, 0) is 0 Å². The van der Waals surface area contributed by atoms with E-state index in [0.29, 0.717) is 6.04 Å². The Balaban J connectivity index is 1.85. The van der Waals surface area contributed by atoms with E-state index in [1.165, 1.54) is 38.5 Å². The predicted octanol–water partition coefficient (Wildman–Crippen LogP) is 3.03. The smallest absolute Gasteiger partial charge is 0.0960 e. The van der Waals surface area contributed by atoms with Gasteiger partial charge in [-0.15, -0.1) is 0 Å². The largest absolute Gasteiger partial charge is 0.358 e. The summed E-state index contributed by atoms with van der Waals surface area (Å²) in [6.07, 6.45) is 9.04. The fourth-order valence-corrected chi connectivity index (χ4v) is 2.96. The first-order valence-corrected chi connectivity index (χ1v) is 6.15. The van der Waals surface area contributed by atoms with Crippen molar-refractivity contribution in [1.29, 1.82) is 5.41 Å². The monoisotopic (exact) mass is 194 g/mol. The van der Waals surface area contributed by atoms with Crippen LogP contribution in [0.5, 0.6) is 0 Å². The van der Waals surface area contributed by atoms with Crippen LogP contribution in [0.1, 0.15) is 51.9 Å². The summed E-state index contributed by atoms with van der Waals surface area (Å²) in [5, 5.41) is 7.86. The van der Waals surface area contributed by atoms with Crippen molar-refractivity contribution in [2.75, 3.05) is 6.54 Å². The number of hydrogen-bond donors (Lipinski definition) is 1. The Bertz CT molecular complexity index is 204. The number of likely N-dealkylation sites (tertiary alicyclic amines) is 1. The second-order valence-electron chi connectivity index (χ2n) is 4.83. The fourth-order valence-electron chi connectivity index (χ4n) is 2.96. The number of hydrogen-bond acceptors (Lipinski definition) is 1. The molecule has 0 aromatic heterocycles.